The fourth-order valence-corrected chi connectivity index (χ4v) is 3.84. The summed E-state index contributed by atoms with van der Waals surface area (Å²) in [6, 6.07) is 9.76. The molecule has 4 rings (SSSR count). The van der Waals surface area contributed by atoms with Crippen LogP contribution >= 0.6 is 0 Å². The number of fused-ring (bicyclic) bond motifs is 1. The summed E-state index contributed by atoms with van der Waals surface area (Å²) in [5.74, 6) is -0.395. The molecule has 8 nitrogen and oxygen atoms in total. The Morgan fingerprint density at radius 2 is 2.07 bits per heavy atom. The van der Waals surface area contributed by atoms with E-state index in [0.717, 1.165) is 30.5 Å². The molecular weight excluding hydrogens is 374 g/mol. The lowest BCUT2D eigenvalue weighted by Crippen LogP contribution is -2.37. The summed E-state index contributed by atoms with van der Waals surface area (Å²) in [6.45, 7) is 2.81. The fourth-order valence-electron chi connectivity index (χ4n) is 3.84. The number of anilines is 2. The zero-order chi connectivity index (χ0) is 20.5. The number of carbonyl (C=O) groups is 2. The molecule has 0 bridgehead atoms. The zero-order valence-electron chi connectivity index (χ0n) is 16.0. The summed E-state index contributed by atoms with van der Waals surface area (Å²) in [5, 5.41) is 13.8. The lowest BCUT2D eigenvalue weighted by Gasteiger charge is -2.21. The van der Waals surface area contributed by atoms with E-state index in [-0.39, 0.29) is 23.6 Å². The van der Waals surface area contributed by atoms with E-state index in [1.165, 1.54) is 18.2 Å². The maximum atomic E-state index is 12.7. The van der Waals surface area contributed by atoms with Gasteiger partial charge in [0.05, 0.1) is 4.92 Å². The van der Waals surface area contributed by atoms with E-state index in [4.69, 9.17) is 4.74 Å². The lowest BCUT2D eigenvalue weighted by molar-refractivity contribution is -0.385. The molecule has 2 amide bonds. The van der Waals surface area contributed by atoms with E-state index >= 15 is 0 Å². The topological polar surface area (TPSA) is 102 Å². The van der Waals surface area contributed by atoms with Gasteiger partial charge in [0.1, 0.15) is 6.10 Å². The molecule has 0 saturated carbocycles. The maximum Gasteiger partial charge on any atom is 0.272 e. The quantitative estimate of drug-likeness (QED) is 0.633. The zero-order valence-corrected chi connectivity index (χ0v) is 16.0. The molecule has 2 aromatic rings. The predicted molar refractivity (Wildman–Crippen MR) is 107 cm³/mol. The van der Waals surface area contributed by atoms with E-state index in [1.807, 2.05) is 6.07 Å². The fraction of sp³-hybridized carbons (Fsp3) is 0.333. The highest BCUT2D eigenvalue weighted by Gasteiger charge is 2.32. The van der Waals surface area contributed by atoms with E-state index in [2.05, 4.69) is 5.32 Å². The number of hydrogen-bond donors (Lipinski definition) is 1. The largest absolute Gasteiger partial charge is 0.368 e. The number of nitrogens with one attached hydrogen (secondary N) is 1. The SMILES string of the molecule is Cc1cc(C(=O)Nc2ccc3c(c2)N(C(=O)C2CCCO2)CC3)ccc1[N+](=O)[O-]. The normalized spacial score (nSPS) is 17.8. The van der Waals surface area contributed by atoms with Gasteiger partial charge in [-0.05, 0) is 56.0 Å². The number of nitrogens with zero attached hydrogens (tertiary/aromatic N) is 2. The van der Waals surface area contributed by atoms with Gasteiger partial charge in [-0.15, -0.1) is 0 Å². The molecule has 2 heterocycles. The number of nitro benzene ring substituents is 1. The van der Waals surface area contributed by atoms with Gasteiger partial charge in [-0.3, -0.25) is 19.7 Å². The molecule has 0 aromatic heterocycles. The van der Waals surface area contributed by atoms with Crippen LogP contribution in [0.15, 0.2) is 36.4 Å². The first-order chi connectivity index (χ1) is 13.9. The maximum absolute atomic E-state index is 12.7. The number of aryl methyl sites for hydroxylation is 1. The second-order valence-corrected chi connectivity index (χ2v) is 7.30. The Morgan fingerprint density at radius 1 is 1.24 bits per heavy atom. The lowest BCUT2D eigenvalue weighted by atomic mass is 10.1. The monoisotopic (exact) mass is 395 g/mol. The second kappa shape index (κ2) is 7.63. The van der Waals surface area contributed by atoms with Crippen LogP contribution in [0.1, 0.15) is 34.3 Å². The Kier molecular flexibility index (Phi) is 5.02. The highest BCUT2D eigenvalue weighted by molar-refractivity contribution is 6.05. The Hall–Kier alpha value is -3.26. The van der Waals surface area contributed by atoms with Crippen molar-refractivity contribution in [3.05, 3.63) is 63.2 Å². The van der Waals surface area contributed by atoms with Gasteiger partial charge in [0.2, 0.25) is 0 Å². The highest BCUT2D eigenvalue weighted by Crippen LogP contribution is 2.33. The third kappa shape index (κ3) is 3.71. The summed E-state index contributed by atoms with van der Waals surface area (Å²) in [7, 11) is 0. The van der Waals surface area contributed by atoms with Crippen molar-refractivity contribution in [3.63, 3.8) is 0 Å². The van der Waals surface area contributed by atoms with E-state index in [9.17, 15) is 19.7 Å². The van der Waals surface area contributed by atoms with Crippen molar-refractivity contribution in [1.82, 2.24) is 0 Å². The number of nitro groups is 1. The molecule has 1 fully saturated rings. The van der Waals surface area contributed by atoms with Crippen molar-refractivity contribution in [2.24, 2.45) is 0 Å². The minimum Gasteiger partial charge on any atom is -0.368 e. The van der Waals surface area contributed by atoms with Crippen LogP contribution in [0.25, 0.3) is 0 Å². The van der Waals surface area contributed by atoms with Crippen LogP contribution in [0.5, 0.6) is 0 Å². The minimum absolute atomic E-state index is 0.0256. The van der Waals surface area contributed by atoms with Gasteiger partial charge < -0.3 is 15.0 Å². The number of hydrogen-bond acceptors (Lipinski definition) is 5. The summed E-state index contributed by atoms with van der Waals surface area (Å²) in [6.07, 6.45) is 2.01. The predicted octanol–water partition coefficient (Wildman–Crippen LogP) is 3.22. The Labute approximate surface area is 167 Å². The standard InChI is InChI=1S/C21H21N3O5/c1-13-11-15(5-7-17(13)24(27)28)20(25)22-16-6-4-14-8-9-23(18(14)12-16)21(26)19-3-2-10-29-19/h4-7,11-12,19H,2-3,8-10H2,1H3,(H,22,25). The highest BCUT2D eigenvalue weighted by atomic mass is 16.6. The molecule has 29 heavy (non-hydrogen) atoms. The molecule has 1 saturated heterocycles. The number of carbonyl (C=O) groups excluding carboxylic acids is 2. The van der Waals surface area contributed by atoms with Gasteiger partial charge in [0.15, 0.2) is 0 Å². The second-order valence-electron chi connectivity index (χ2n) is 7.30. The Bertz CT molecular complexity index is 998. The minimum atomic E-state index is -0.475. The van der Waals surface area contributed by atoms with Gasteiger partial charge >= 0.3 is 0 Å². The van der Waals surface area contributed by atoms with Gasteiger partial charge in [-0.2, -0.15) is 0 Å². The van der Waals surface area contributed by atoms with Crippen LogP contribution in [0.3, 0.4) is 0 Å². The molecule has 1 unspecified atom stereocenters. The Morgan fingerprint density at radius 3 is 2.76 bits per heavy atom. The summed E-state index contributed by atoms with van der Waals surface area (Å²) < 4.78 is 5.52. The van der Waals surface area contributed by atoms with Gasteiger partial charge in [0, 0.05) is 41.7 Å². The van der Waals surface area contributed by atoms with Crippen LogP contribution in [0.4, 0.5) is 17.1 Å². The molecule has 0 aliphatic carbocycles. The van der Waals surface area contributed by atoms with E-state index in [0.29, 0.717) is 30.0 Å². The summed E-state index contributed by atoms with van der Waals surface area (Å²) in [4.78, 5) is 37.5. The smallest absolute Gasteiger partial charge is 0.272 e. The molecular formula is C21H21N3O5. The molecule has 2 aliphatic heterocycles. The molecule has 150 valence electrons. The number of rotatable bonds is 4. The first-order valence-corrected chi connectivity index (χ1v) is 9.56. The molecule has 8 heteroatoms. The average molecular weight is 395 g/mol. The van der Waals surface area contributed by atoms with Gasteiger partial charge in [-0.1, -0.05) is 6.07 Å². The first-order valence-electron chi connectivity index (χ1n) is 9.56. The van der Waals surface area contributed by atoms with Crippen molar-refractivity contribution in [1.29, 1.82) is 0 Å². The first kappa shape index (κ1) is 19.1. The van der Waals surface area contributed by atoms with Crippen molar-refractivity contribution in [2.45, 2.75) is 32.3 Å². The molecule has 0 spiro atoms. The molecule has 2 aliphatic rings. The van der Waals surface area contributed by atoms with Crippen LogP contribution in [-0.4, -0.2) is 36.0 Å². The van der Waals surface area contributed by atoms with Crippen molar-refractivity contribution < 1.29 is 19.2 Å². The third-order valence-corrected chi connectivity index (χ3v) is 5.37. The number of amides is 2. The number of benzene rings is 2. The average Bonchev–Trinajstić information content (AvgIpc) is 3.37. The van der Waals surface area contributed by atoms with Crippen molar-refractivity contribution >= 4 is 28.9 Å². The van der Waals surface area contributed by atoms with Crippen LogP contribution in [-0.2, 0) is 16.0 Å². The van der Waals surface area contributed by atoms with E-state index < -0.39 is 4.92 Å². The van der Waals surface area contributed by atoms with Crippen molar-refractivity contribution in [2.75, 3.05) is 23.4 Å². The third-order valence-electron chi connectivity index (χ3n) is 5.37. The molecule has 1 N–H and O–H groups in total. The van der Waals surface area contributed by atoms with Crippen LogP contribution < -0.4 is 10.2 Å². The molecule has 0 radical (unpaired) electrons. The summed E-state index contributed by atoms with van der Waals surface area (Å²) >= 11 is 0. The molecule has 2 aromatic carbocycles. The van der Waals surface area contributed by atoms with Gasteiger partial charge in [-0.25, -0.2) is 0 Å². The van der Waals surface area contributed by atoms with Crippen LogP contribution in [0.2, 0.25) is 0 Å². The van der Waals surface area contributed by atoms with Gasteiger partial charge in [0.25, 0.3) is 17.5 Å². The van der Waals surface area contributed by atoms with Crippen LogP contribution in [0, 0.1) is 17.0 Å². The van der Waals surface area contributed by atoms with E-state index in [1.54, 1.807) is 24.0 Å². The number of ether oxygens (including phenoxy) is 1. The molecule has 1 atom stereocenters. The van der Waals surface area contributed by atoms with Crippen molar-refractivity contribution in [3.8, 4) is 0 Å². The Balaban J connectivity index is 1.52. The summed E-state index contributed by atoms with van der Waals surface area (Å²) in [5.41, 5.74) is 3.15.